The van der Waals surface area contributed by atoms with Gasteiger partial charge in [0, 0.05) is 36.1 Å². The van der Waals surface area contributed by atoms with Crippen LogP contribution in [0.1, 0.15) is 31.7 Å². The number of unbranched alkanes of at least 4 members (excludes halogenated alkanes) is 1. The van der Waals surface area contributed by atoms with Crippen molar-refractivity contribution in [1.29, 1.82) is 0 Å². The van der Waals surface area contributed by atoms with Gasteiger partial charge in [0.25, 0.3) is 5.91 Å². The third-order valence-electron chi connectivity index (χ3n) is 6.22. The second kappa shape index (κ2) is 8.93. The summed E-state index contributed by atoms with van der Waals surface area (Å²) in [5, 5.41) is 3.67. The number of nitrogens with zero attached hydrogens (tertiary/aromatic N) is 2. The van der Waals surface area contributed by atoms with Gasteiger partial charge in [0.15, 0.2) is 9.84 Å². The highest BCUT2D eigenvalue weighted by atomic mass is 32.2. The number of sulfone groups is 1. The molecule has 0 aliphatic carbocycles. The Kier molecular flexibility index (Phi) is 6.23. The summed E-state index contributed by atoms with van der Waals surface area (Å²) in [5.41, 5.74) is 1.86. The zero-order valence-corrected chi connectivity index (χ0v) is 18.9. The molecule has 4 amide bonds. The van der Waals surface area contributed by atoms with Gasteiger partial charge in [0.05, 0.1) is 11.5 Å². The molecule has 10 heteroatoms. The van der Waals surface area contributed by atoms with Crippen molar-refractivity contribution in [2.24, 2.45) is 0 Å². The molecule has 0 unspecified atom stereocenters. The average molecular weight is 461 g/mol. The van der Waals surface area contributed by atoms with Gasteiger partial charge in [-0.05, 0) is 24.5 Å². The van der Waals surface area contributed by atoms with Crippen LogP contribution in [-0.4, -0.2) is 77.7 Å². The molecule has 32 heavy (non-hydrogen) atoms. The molecular formula is C22H28N4O5S. The Labute approximate surface area is 187 Å². The molecule has 1 aromatic heterocycles. The van der Waals surface area contributed by atoms with E-state index in [2.05, 4.69) is 10.3 Å². The number of aromatic amines is 1. The Morgan fingerprint density at radius 3 is 2.75 bits per heavy atom. The number of aromatic nitrogens is 1. The van der Waals surface area contributed by atoms with Gasteiger partial charge in [-0.25, -0.2) is 13.2 Å². The van der Waals surface area contributed by atoms with Crippen molar-refractivity contribution < 1.29 is 22.8 Å². The molecule has 9 nitrogen and oxygen atoms in total. The molecule has 2 atom stereocenters. The van der Waals surface area contributed by atoms with Gasteiger partial charge in [-0.3, -0.25) is 14.5 Å². The minimum absolute atomic E-state index is 0.0589. The Balaban J connectivity index is 1.45. The van der Waals surface area contributed by atoms with Gasteiger partial charge in [-0.2, -0.15) is 0 Å². The van der Waals surface area contributed by atoms with Gasteiger partial charge in [-0.15, -0.1) is 0 Å². The van der Waals surface area contributed by atoms with E-state index in [1.165, 1.54) is 0 Å². The maximum atomic E-state index is 13.0. The third-order valence-corrected chi connectivity index (χ3v) is 7.97. The molecule has 2 N–H and O–H groups in total. The first-order valence-corrected chi connectivity index (χ1v) is 12.8. The Bertz CT molecular complexity index is 1140. The fraction of sp³-hybridized carbons (Fsp3) is 0.500. The lowest BCUT2D eigenvalue weighted by Crippen LogP contribution is -2.48. The predicted octanol–water partition coefficient (Wildman–Crippen LogP) is 1.45. The lowest BCUT2D eigenvalue weighted by molar-refractivity contribution is -0.138. The first kappa shape index (κ1) is 22.3. The van der Waals surface area contributed by atoms with Crippen LogP contribution in [0.15, 0.2) is 30.5 Å². The van der Waals surface area contributed by atoms with Gasteiger partial charge in [0.2, 0.25) is 5.91 Å². The number of carbonyl (C=O) groups excluding carboxylic acids is 3. The second-order valence-corrected chi connectivity index (χ2v) is 10.7. The summed E-state index contributed by atoms with van der Waals surface area (Å²) in [4.78, 5) is 44.1. The van der Waals surface area contributed by atoms with Gasteiger partial charge in [0.1, 0.15) is 12.6 Å². The standard InChI is InChI=1S/C22H28N4O5S/c1-2-3-9-25(16-8-10-32(30,31)14-16)20(27)13-26-21(28)19(24-22(26)29)11-15-12-23-18-7-5-4-6-17(15)18/h4-7,12,16,19,23H,2-3,8-11,13-14H2,1H3,(H,24,29)/t16-,19+/m1/s1. The number of fused-ring (bicyclic) bond motifs is 1. The zero-order valence-electron chi connectivity index (χ0n) is 18.0. The number of rotatable bonds is 8. The molecule has 2 aliphatic heterocycles. The van der Waals surface area contributed by atoms with Crippen LogP contribution in [-0.2, 0) is 25.8 Å². The SMILES string of the molecule is CCCCN(C(=O)CN1C(=O)N[C@@H](Cc2c[nH]c3ccccc23)C1=O)[C@@H]1CCS(=O)(=O)C1. The fourth-order valence-electron chi connectivity index (χ4n) is 4.47. The normalized spacial score (nSPS) is 22.5. The Morgan fingerprint density at radius 1 is 1.25 bits per heavy atom. The summed E-state index contributed by atoms with van der Waals surface area (Å²) in [6, 6.07) is 5.97. The largest absolute Gasteiger partial charge is 0.361 e. The molecule has 1 aromatic carbocycles. The molecule has 0 bridgehead atoms. The van der Waals surface area contributed by atoms with E-state index in [1.54, 1.807) is 4.90 Å². The Morgan fingerprint density at radius 2 is 2.03 bits per heavy atom. The highest BCUT2D eigenvalue weighted by Gasteiger charge is 2.41. The average Bonchev–Trinajstić information content (AvgIpc) is 3.41. The summed E-state index contributed by atoms with van der Waals surface area (Å²) in [6.07, 6.45) is 4.11. The molecular weight excluding hydrogens is 432 g/mol. The summed E-state index contributed by atoms with van der Waals surface area (Å²) >= 11 is 0. The fourth-order valence-corrected chi connectivity index (χ4v) is 6.20. The summed E-state index contributed by atoms with van der Waals surface area (Å²) in [5.74, 6) is -0.838. The maximum absolute atomic E-state index is 13.0. The second-order valence-electron chi connectivity index (χ2n) is 8.49. The molecule has 2 aliphatic rings. The van der Waals surface area contributed by atoms with Gasteiger partial charge in [-0.1, -0.05) is 31.5 Å². The highest BCUT2D eigenvalue weighted by Crippen LogP contribution is 2.22. The van der Waals surface area contributed by atoms with Crippen LogP contribution in [0.25, 0.3) is 10.9 Å². The summed E-state index contributed by atoms with van der Waals surface area (Å²) < 4.78 is 23.8. The van der Waals surface area contributed by atoms with E-state index in [0.717, 1.165) is 34.2 Å². The van der Waals surface area contributed by atoms with E-state index >= 15 is 0 Å². The van der Waals surface area contributed by atoms with Gasteiger partial charge >= 0.3 is 6.03 Å². The Hall–Kier alpha value is -2.88. The third kappa shape index (κ3) is 4.50. The number of amides is 4. The van der Waals surface area contributed by atoms with Crippen LogP contribution >= 0.6 is 0 Å². The minimum Gasteiger partial charge on any atom is -0.361 e. The van der Waals surface area contributed by atoms with Crippen molar-refractivity contribution in [3.05, 3.63) is 36.0 Å². The number of para-hydroxylation sites is 1. The van der Waals surface area contributed by atoms with Crippen molar-refractivity contribution in [1.82, 2.24) is 20.1 Å². The van der Waals surface area contributed by atoms with Crippen molar-refractivity contribution >= 4 is 38.6 Å². The minimum atomic E-state index is -3.16. The molecule has 0 saturated carbocycles. The number of H-pyrrole nitrogens is 1. The van der Waals surface area contributed by atoms with Crippen LogP contribution in [0.2, 0.25) is 0 Å². The first-order valence-electron chi connectivity index (χ1n) is 11.0. The van der Waals surface area contributed by atoms with Crippen molar-refractivity contribution in [2.75, 3.05) is 24.6 Å². The van der Waals surface area contributed by atoms with E-state index < -0.39 is 39.8 Å². The van der Waals surface area contributed by atoms with Crippen molar-refractivity contribution in [3.8, 4) is 0 Å². The number of nitrogens with one attached hydrogen (secondary N) is 2. The summed E-state index contributed by atoms with van der Waals surface area (Å²) in [7, 11) is -3.16. The number of hydrogen-bond acceptors (Lipinski definition) is 5. The topological polar surface area (TPSA) is 120 Å². The van der Waals surface area contributed by atoms with E-state index in [-0.39, 0.29) is 18.1 Å². The number of carbonyl (C=O) groups is 3. The molecule has 0 spiro atoms. The molecule has 0 radical (unpaired) electrons. The maximum Gasteiger partial charge on any atom is 0.325 e. The van der Waals surface area contributed by atoms with E-state index in [9.17, 15) is 22.8 Å². The lowest BCUT2D eigenvalue weighted by Gasteiger charge is -2.29. The van der Waals surface area contributed by atoms with Crippen LogP contribution < -0.4 is 5.32 Å². The molecule has 2 aromatic rings. The van der Waals surface area contributed by atoms with Gasteiger partial charge < -0.3 is 15.2 Å². The number of benzene rings is 1. The smallest absolute Gasteiger partial charge is 0.325 e. The van der Waals surface area contributed by atoms with E-state index in [0.29, 0.717) is 19.4 Å². The van der Waals surface area contributed by atoms with E-state index in [1.807, 2.05) is 37.4 Å². The van der Waals surface area contributed by atoms with Crippen LogP contribution in [0.4, 0.5) is 4.79 Å². The monoisotopic (exact) mass is 460 g/mol. The molecule has 172 valence electrons. The number of hydrogen-bond donors (Lipinski definition) is 2. The summed E-state index contributed by atoms with van der Waals surface area (Å²) in [6.45, 7) is 2.02. The predicted molar refractivity (Wildman–Crippen MR) is 120 cm³/mol. The van der Waals surface area contributed by atoms with Crippen LogP contribution in [0.5, 0.6) is 0 Å². The van der Waals surface area contributed by atoms with Crippen molar-refractivity contribution in [3.63, 3.8) is 0 Å². The van der Waals surface area contributed by atoms with Crippen molar-refractivity contribution in [2.45, 2.75) is 44.7 Å². The first-order chi connectivity index (χ1) is 15.3. The quantitative estimate of drug-likeness (QED) is 0.578. The number of imide groups is 1. The molecule has 4 rings (SSSR count). The molecule has 2 fully saturated rings. The number of urea groups is 1. The highest BCUT2D eigenvalue weighted by molar-refractivity contribution is 7.91. The molecule has 2 saturated heterocycles. The zero-order chi connectivity index (χ0) is 22.9. The van der Waals surface area contributed by atoms with Crippen LogP contribution in [0.3, 0.4) is 0 Å². The molecule has 3 heterocycles. The van der Waals surface area contributed by atoms with E-state index in [4.69, 9.17) is 0 Å². The van der Waals surface area contributed by atoms with Crippen LogP contribution in [0, 0.1) is 0 Å². The lowest BCUT2D eigenvalue weighted by atomic mass is 10.1.